The van der Waals surface area contributed by atoms with Crippen LogP contribution in [-0.4, -0.2) is 99.6 Å². The number of carbonyl (C=O) groups excluding carboxylic acids is 2. The number of hydrogen-bond acceptors (Lipinski definition) is 10. The first-order valence-electron chi connectivity index (χ1n) is 31.1. The number of rotatable bonds is 52. The fourth-order valence-corrected chi connectivity index (χ4v) is 9.42. The molecule has 8 unspecified atom stereocenters. The summed E-state index contributed by atoms with van der Waals surface area (Å²) in [6, 6.07) is -1.04. The van der Waals surface area contributed by atoms with Crippen LogP contribution in [0.1, 0.15) is 271 Å². The molecular weight excluding hydrogens is 943 g/mol. The van der Waals surface area contributed by atoms with Gasteiger partial charge < -0.3 is 45.1 Å². The molecule has 1 amide bonds. The van der Waals surface area contributed by atoms with Crippen LogP contribution in [0.25, 0.3) is 0 Å². The van der Waals surface area contributed by atoms with Crippen molar-refractivity contribution in [1.29, 1.82) is 0 Å². The van der Waals surface area contributed by atoms with Gasteiger partial charge >= 0.3 is 5.97 Å². The number of aliphatic hydroxyl groups excluding tert-OH is 5. The van der Waals surface area contributed by atoms with Gasteiger partial charge in [-0.3, -0.25) is 9.59 Å². The summed E-state index contributed by atoms with van der Waals surface area (Å²) in [5, 5.41) is 56.9. The van der Waals surface area contributed by atoms with Crippen LogP contribution >= 0.6 is 0 Å². The van der Waals surface area contributed by atoms with Crippen LogP contribution < -0.4 is 5.32 Å². The lowest BCUT2D eigenvalue weighted by molar-refractivity contribution is -0.305. The van der Waals surface area contributed by atoms with Gasteiger partial charge in [-0.05, 0) is 89.9 Å². The predicted octanol–water partition coefficient (Wildman–Crippen LogP) is 14.6. The Morgan fingerprint density at radius 2 is 0.920 bits per heavy atom. The molecule has 1 rings (SSSR count). The highest BCUT2D eigenvalue weighted by molar-refractivity contribution is 5.80. The standard InChI is InChI=1S/C64H115NO10/c1-4-7-10-13-16-19-22-24-26-28-29-30-32-34-37-40-43-46-49-52-59(69)75-62-61(71)60(70)58(53-66)74-64(62)73-54-55(56(67)50-47-44-41-38-35-21-18-15-12-9-6-3)65-63(72)57(68)51-48-45-42-39-36-33-31-27-25-23-20-17-14-11-8-5-2/h17,20,24-27,33,36,47,50,55-58,60-62,64,66-68,70-71H,4-16,18-19,21-23,28-32,34-35,37-46,48-49,51-54H2,1-3H3,(H,65,72)/b20-17-,26-24+,27-25-,36-33-,50-47+. The Morgan fingerprint density at radius 1 is 0.520 bits per heavy atom. The number of unbranched alkanes of at least 4 members (excludes halogenated alkanes) is 30. The van der Waals surface area contributed by atoms with Gasteiger partial charge in [-0.2, -0.15) is 0 Å². The van der Waals surface area contributed by atoms with Crippen molar-refractivity contribution in [2.24, 2.45) is 0 Å². The molecule has 0 aromatic heterocycles. The summed E-state index contributed by atoms with van der Waals surface area (Å²) < 4.78 is 17.6. The van der Waals surface area contributed by atoms with Gasteiger partial charge in [0.2, 0.25) is 5.91 Å². The van der Waals surface area contributed by atoms with Gasteiger partial charge in [0.05, 0.1) is 25.4 Å². The molecule has 11 nitrogen and oxygen atoms in total. The smallest absolute Gasteiger partial charge is 0.306 e. The Kier molecular flexibility index (Phi) is 48.9. The molecule has 11 heteroatoms. The third-order valence-electron chi connectivity index (χ3n) is 14.4. The molecule has 1 saturated heterocycles. The molecule has 75 heavy (non-hydrogen) atoms. The zero-order valence-corrected chi connectivity index (χ0v) is 48.2. The first-order valence-corrected chi connectivity index (χ1v) is 31.1. The quantitative estimate of drug-likeness (QED) is 0.0195. The van der Waals surface area contributed by atoms with Crippen molar-refractivity contribution < 1.29 is 49.3 Å². The van der Waals surface area contributed by atoms with E-state index in [4.69, 9.17) is 14.2 Å². The molecule has 0 aliphatic carbocycles. The van der Waals surface area contributed by atoms with E-state index in [9.17, 15) is 35.1 Å². The summed E-state index contributed by atoms with van der Waals surface area (Å²) in [4.78, 5) is 26.5. The summed E-state index contributed by atoms with van der Waals surface area (Å²) in [6.07, 6.45) is 54.0. The third kappa shape index (κ3) is 40.2. The number of aliphatic hydroxyl groups is 5. The van der Waals surface area contributed by atoms with Gasteiger partial charge in [-0.25, -0.2) is 0 Å². The molecule has 0 radical (unpaired) electrons. The summed E-state index contributed by atoms with van der Waals surface area (Å²) in [6.45, 7) is 5.74. The van der Waals surface area contributed by atoms with Crippen LogP contribution in [-0.2, 0) is 23.8 Å². The van der Waals surface area contributed by atoms with E-state index < -0.39 is 67.4 Å². The topological polar surface area (TPSA) is 175 Å². The highest BCUT2D eigenvalue weighted by atomic mass is 16.7. The van der Waals surface area contributed by atoms with Gasteiger partial charge in [0, 0.05) is 6.42 Å². The molecule has 1 fully saturated rings. The van der Waals surface area contributed by atoms with Gasteiger partial charge in [-0.1, -0.05) is 236 Å². The lowest BCUT2D eigenvalue weighted by atomic mass is 9.99. The Labute approximate surface area is 458 Å². The van der Waals surface area contributed by atoms with E-state index in [1.165, 1.54) is 148 Å². The molecule has 0 aromatic rings. The van der Waals surface area contributed by atoms with Crippen molar-refractivity contribution in [2.45, 2.75) is 320 Å². The summed E-state index contributed by atoms with van der Waals surface area (Å²) in [5.41, 5.74) is 0. The number of allylic oxidation sites excluding steroid dienone is 9. The lowest BCUT2D eigenvalue weighted by Gasteiger charge is -2.41. The molecule has 0 aromatic carbocycles. The normalized spacial score (nSPS) is 19.6. The Bertz CT molecular complexity index is 1450. The molecule has 0 saturated carbocycles. The van der Waals surface area contributed by atoms with Crippen LogP contribution in [0.3, 0.4) is 0 Å². The number of hydrogen-bond donors (Lipinski definition) is 6. The summed E-state index contributed by atoms with van der Waals surface area (Å²) in [7, 11) is 0. The maximum Gasteiger partial charge on any atom is 0.306 e. The van der Waals surface area contributed by atoms with E-state index in [1.807, 2.05) is 6.08 Å². The van der Waals surface area contributed by atoms with Crippen LogP contribution in [0.2, 0.25) is 0 Å². The fraction of sp³-hybridized carbons (Fsp3) is 0.812. The number of amides is 1. The SMILES string of the molecule is CCCCC/C=C\C/C=C\C/C=C\CCCCCC(O)C(=O)NC(COC1OC(CO)C(O)C(O)C1OC(=O)CCCCCCCCCCC/C=C/CCCCCCCC)C(O)/C=C/CCCCCCCCCCC. The molecule has 0 spiro atoms. The average molecular weight is 1060 g/mol. The van der Waals surface area contributed by atoms with Gasteiger partial charge in [-0.15, -0.1) is 0 Å². The number of esters is 1. The minimum atomic E-state index is -1.62. The van der Waals surface area contributed by atoms with Crippen LogP contribution in [0.5, 0.6) is 0 Å². The minimum absolute atomic E-state index is 0.118. The molecule has 436 valence electrons. The molecule has 1 aliphatic heterocycles. The second-order valence-electron chi connectivity index (χ2n) is 21.4. The number of carbonyl (C=O) groups is 2. The highest BCUT2D eigenvalue weighted by Gasteiger charge is 2.47. The summed E-state index contributed by atoms with van der Waals surface area (Å²) in [5.74, 6) is -1.22. The van der Waals surface area contributed by atoms with E-state index >= 15 is 0 Å². The lowest BCUT2D eigenvalue weighted by Crippen LogP contribution is -2.61. The van der Waals surface area contributed by atoms with E-state index in [0.29, 0.717) is 12.8 Å². The fourth-order valence-electron chi connectivity index (χ4n) is 9.42. The van der Waals surface area contributed by atoms with E-state index in [1.54, 1.807) is 6.08 Å². The monoisotopic (exact) mass is 1060 g/mol. The molecule has 6 N–H and O–H groups in total. The molecule has 1 heterocycles. The van der Waals surface area contributed by atoms with E-state index in [2.05, 4.69) is 74.7 Å². The first-order chi connectivity index (χ1) is 36.7. The van der Waals surface area contributed by atoms with Crippen molar-refractivity contribution in [3.8, 4) is 0 Å². The zero-order valence-electron chi connectivity index (χ0n) is 48.2. The maximum atomic E-state index is 13.4. The van der Waals surface area contributed by atoms with E-state index in [-0.39, 0.29) is 19.4 Å². The van der Waals surface area contributed by atoms with Crippen LogP contribution in [0, 0.1) is 0 Å². The third-order valence-corrected chi connectivity index (χ3v) is 14.4. The van der Waals surface area contributed by atoms with Crippen molar-refractivity contribution >= 4 is 11.9 Å². The number of nitrogens with one attached hydrogen (secondary N) is 1. The predicted molar refractivity (Wildman–Crippen MR) is 310 cm³/mol. The average Bonchev–Trinajstić information content (AvgIpc) is 3.41. The molecule has 0 bridgehead atoms. The van der Waals surface area contributed by atoms with Crippen LogP contribution in [0.15, 0.2) is 60.8 Å². The Hall–Kier alpha value is -2.64. The van der Waals surface area contributed by atoms with Gasteiger partial charge in [0.1, 0.15) is 24.4 Å². The second-order valence-corrected chi connectivity index (χ2v) is 21.4. The van der Waals surface area contributed by atoms with Crippen LogP contribution in [0.4, 0.5) is 0 Å². The maximum absolute atomic E-state index is 13.4. The van der Waals surface area contributed by atoms with E-state index in [0.717, 1.165) is 77.0 Å². The van der Waals surface area contributed by atoms with Crippen molar-refractivity contribution in [1.82, 2.24) is 5.32 Å². The molecule has 1 aliphatic rings. The molecule has 8 atom stereocenters. The van der Waals surface area contributed by atoms with Crippen molar-refractivity contribution in [3.05, 3.63) is 60.8 Å². The highest BCUT2D eigenvalue weighted by Crippen LogP contribution is 2.26. The first kappa shape index (κ1) is 70.4. The minimum Gasteiger partial charge on any atom is -0.454 e. The molecular formula is C64H115NO10. The largest absolute Gasteiger partial charge is 0.454 e. The van der Waals surface area contributed by atoms with Gasteiger partial charge in [0.15, 0.2) is 12.4 Å². The summed E-state index contributed by atoms with van der Waals surface area (Å²) >= 11 is 0. The zero-order chi connectivity index (χ0) is 54.7. The number of ether oxygens (including phenoxy) is 3. The Balaban J connectivity index is 2.68. The van der Waals surface area contributed by atoms with Crippen molar-refractivity contribution in [3.63, 3.8) is 0 Å². The second kappa shape index (κ2) is 52.1. The van der Waals surface area contributed by atoms with Crippen molar-refractivity contribution in [2.75, 3.05) is 13.2 Å². The van der Waals surface area contributed by atoms with Gasteiger partial charge in [0.25, 0.3) is 0 Å². The Morgan fingerprint density at radius 3 is 1.41 bits per heavy atom.